The van der Waals surface area contributed by atoms with E-state index in [2.05, 4.69) is 51.2 Å². The van der Waals surface area contributed by atoms with Crippen LogP contribution >= 0.6 is 0 Å². The molecular formula is C23H29N3O2. The molecule has 148 valence electrons. The molecule has 0 radical (unpaired) electrons. The molecule has 1 saturated carbocycles. The molecule has 2 saturated heterocycles. The van der Waals surface area contributed by atoms with Crippen molar-refractivity contribution < 1.29 is 4.74 Å². The summed E-state index contributed by atoms with van der Waals surface area (Å²) in [6, 6.07) is 15.2. The number of morpholine rings is 1. The van der Waals surface area contributed by atoms with Crippen LogP contribution in [-0.4, -0.2) is 43.9 Å². The summed E-state index contributed by atoms with van der Waals surface area (Å²) in [5, 5.41) is 0. The zero-order valence-electron chi connectivity index (χ0n) is 16.3. The van der Waals surface area contributed by atoms with Gasteiger partial charge >= 0.3 is 0 Å². The largest absolute Gasteiger partial charge is 0.378 e. The molecular weight excluding hydrogens is 350 g/mol. The van der Waals surface area contributed by atoms with Crippen molar-refractivity contribution in [2.45, 2.75) is 31.7 Å². The number of nitrogens with one attached hydrogen (secondary N) is 1. The summed E-state index contributed by atoms with van der Waals surface area (Å²) in [5.41, 5.74) is 2.41. The fraction of sp³-hybridized carbons (Fsp3) is 0.522. The lowest BCUT2D eigenvalue weighted by Crippen LogP contribution is -2.38. The third-order valence-electron chi connectivity index (χ3n) is 6.83. The fourth-order valence-corrected chi connectivity index (χ4v) is 5.49. The molecule has 1 aliphatic carbocycles. The van der Waals surface area contributed by atoms with Gasteiger partial charge in [-0.3, -0.25) is 4.79 Å². The van der Waals surface area contributed by atoms with Crippen LogP contribution in [-0.2, 0) is 11.2 Å². The Balaban J connectivity index is 1.46. The summed E-state index contributed by atoms with van der Waals surface area (Å²) in [4.78, 5) is 20.4. The van der Waals surface area contributed by atoms with Gasteiger partial charge in [-0.2, -0.15) is 0 Å². The Hall–Kier alpha value is -2.27. The standard InChI is InChI=1S/C23H29N3O2/c27-23-15-19(25-9-11-28-12-10-25)14-22(24-23)26-16-18-7-4-8-20(18)21(26)13-17-5-2-1-3-6-17/h1-3,5-6,14-15,18,20-21H,4,7-13,16H2,(H,24,27)/t18-,20-,21-/m1/s1. The van der Waals surface area contributed by atoms with Crippen LogP contribution in [0.3, 0.4) is 0 Å². The number of aromatic amines is 1. The first kappa shape index (κ1) is 17.8. The van der Waals surface area contributed by atoms with Crippen LogP contribution in [0.5, 0.6) is 0 Å². The van der Waals surface area contributed by atoms with Crippen molar-refractivity contribution >= 4 is 11.5 Å². The maximum Gasteiger partial charge on any atom is 0.251 e. The molecule has 28 heavy (non-hydrogen) atoms. The number of hydrogen-bond donors (Lipinski definition) is 1. The Morgan fingerprint density at radius 1 is 1.07 bits per heavy atom. The van der Waals surface area contributed by atoms with E-state index in [1.807, 2.05) is 0 Å². The fourth-order valence-electron chi connectivity index (χ4n) is 5.49. The van der Waals surface area contributed by atoms with E-state index < -0.39 is 0 Å². The zero-order chi connectivity index (χ0) is 18.9. The lowest BCUT2D eigenvalue weighted by molar-refractivity contribution is 0.122. The summed E-state index contributed by atoms with van der Waals surface area (Å²) in [6.07, 6.45) is 5.02. The van der Waals surface area contributed by atoms with Gasteiger partial charge in [0.25, 0.3) is 5.56 Å². The Labute approximate surface area is 166 Å². The first-order chi connectivity index (χ1) is 13.8. The van der Waals surface area contributed by atoms with Gasteiger partial charge in [-0.25, -0.2) is 0 Å². The van der Waals surface area contributed by atoms with Crippen LogP contribution in [0.4, 0.5) is 11.5 Å². The number of fused-ring (bicyclic) bond motifs is 1. The monoisotopic (exact) mass is 379 g/mol. The molecule has 0 unspecified atom stereocenters. The van der Waals surface area contributed by atoms with Gasteiger partial charge in [-0.1, -0.05) is 36.8 Å². The van der Waals surface area contributed by atoms with Gasteiger partial charge in [-0.15, -0.1) is 0 Å². The minimum atomic E-state index is -0.00508. The number of rotatable bonds is 4. The second-order valence-corrected chi connectivity index (χ2v) is 8.45. The quantitative estimate of drug-likeness (QED) is 0.887. The predicted octanol–water partition coefficient (Wildman–Crippen LogP) is 3.06. The van der Waals surface area contributed by atoms with Crippen LogP contribution < -0.4 is 15.4 Å². The van der Waals surface area contributed by atoms with Gasteiger partial charge in [0.2, 0.25) is 0 Å². The van der Waals surface area contributed by atoms with E-state index in [1.54, 1.807) is 6.07 Å². The summed E-state index contributed by atoms with van der Waals surface area (Å²) >= 11 is 0. The van der Waals surface area contributed by atoms with Crippen molar-refractivity contribution in [3.05, 3.63) is 58.4 Å². The molecule has 1 aromatic heterocycles. The van der Waals surface area contributed by atoms with E-state index in [0.717, 1.165) is 62.6 Å². The molecule has 5 heteroatoms. The highest BCUT2D eigenvalue weighted by Gasteiger charge is 2.44. The predicted molar refractivity (Wildman–Crippen MR) is 112 cm³/mol. The molecule has 3 aliphatic rings. The minimum Gasteiger partial charge on any atom is -0.378 e. The Morgan fingerprint density at radius 3 is 2.71 bits per heavy atom. The highest BCUT2D eigenvalue weighted by atomic mass is 16.5. The van der Waals surface area contributed by atoms with Crippen LogP contribution in [0.1, 0.15) is 24.8 Å². The first-order valence-corrected chi connectivity index (χ1v) is 10.7. The van der Waals surface area contributed by atoms with Gasteiger partial charge in [0, 0.05) is 43.5 Å². The van der Waals surface area contributed by atoms with Gasteiger partial charge in [0.15, 0.2) is 0 Å². The molecule has 0 amide bonds. The lowest BCUT2D eigenvalue weighted by Gasteiger charge is -2.32. The summed E-state index contributed by atoms with van der Waals surface area (Å²) in [6.45, 7) is 4.22. The number of hydrogen-bond acceptors (Lipinski definition) is 4. The summed E-state index contributed by atoms with van der Waals surface area (Å²) < 4.78 is 5.48. The van der Waals surface area contributed by atoms with E-state index >= 15 is 0 Å². The maximum absolute atomic E-state index is 12.5. The summed E-state index contributed by atoms with van der Waals surface area (Å²) in [7, 11) is 0. The average molecular weight is 380 g/mol. The Kier molecular flexibility index (Phi) is 4.85. The van der Waals surface area contributed by atoms with E-state index in [9.17, 15) is 4.79 Å². The molecule has 3 atom stereocenters. The van der Waals surface area contributed by atoms with Crippen LogP contribution in [0.2, 0.25) is 0 Å². The molecule has 0 spiro atoms. The first-order valence-electron chi connectivity index (χ1n) is 10.7. The second-order valence-electron chi connectivity index (χ2n) is 8.45. The number of ether oxygens (including phenoxy) is 1. The molecule has 5 nitrogen and oxygen atoms in total. The number of nitrogens with zero attached hydrogens (tertiary/aromatic N) is 2. The number of benzene rings is 1. The second kappa shape index (κ2) is 7.63. The third kappa shape index (κ3) is 3.44. The Bertz CT molecular complexity index is 860. The van der Waals surface area contributed by atoms with E-state index in [-0.39, 0.29) is 5.56 Å². The topological polar surface area (TPSA) is 48.6 Å². The van der Waals surface area contributed by atoms with Crippen molar-refractivity contribution in [1.82, 2.24) is 4.98 Å². The average Bonchev–Trinajstić information content (AvgIpc) is 3.32. The van der Waals surface area contributed by atoms with Gasteiger partial charge in [-0.05, 0) is 36.7 Å². The normalized spacial score (nSPS) is 27.2. The minimum absolute atomic E-state index is 0.00508. The molecule has 2 aliphatic heterocycles. The molecule has 3 fully saturated rings. The van der Waals surface area contributed by atoms with Crippen molar-refractivity contribution in [3.8, 4) is 0 Å². The number of anilines is 2. The van der Waals surface area contributed by atoms with Crippen molar-refractivity contribution in [1.29, 1.82) is 0 Å². The zero-order valence-corrected chi connectivity index (χ0v) is 16.3. The molecule has 2 aromatic rings. The van der Waals surface area contributed by atoms with E-state index in [0.29, 0.717) is 6.04 Å². The smallest absolute Gasteiger partial charge is 0.251 e. The lowest BCUT2D eigenvalue weighted by atomic mass is 9.90. The highest BCUT2D eigenvalue weighted by molar-refractivity contribution is 5.56. The third-order valence-corrected chi connectivity index (χ3v) is 6.83. The molecule has 5 rings (SSSR count). The molecule has 1 N–H and O–H groups in total. The number of aromatic nitrogens is 1. The van der Waals surface area contributed by atoms with Crippen LogP contribution in [0, 0.1) is 11.8 Å². The van der Waals surface area contributed by atoms with Crippen molar-refractivity contribution in [3.63, 3.8) is 0 Å². The molecule has 3 heterocycles. The number of H-pyrrole nitrogens is 1. The van der Waals surface area contributed by atoms with Gasteiger partial charge < -0.3 is 19.5 Å². The SMILES string of the molecule is O=c1cc(N2CCOCC2)cc(N2C[C@H]3CCC[C@H]3[C@H]2Cc2ccccc2)[nH]1. The van der Waals surface area contributed by atoms with Crippen molar-refractivity contribution in [2.24, 2.45) is 11.8 Å². The van der Waals surface area contributed by atoms with Gasteiger partial charge in [0.05, 0.1) is 13.2 Å². The number of pyridine rings is 1. The van der Waals surface area contributed by atoms with Crippen molar-refractivity contribution in [2.75, 3.05) is 42.6 Å². The maximum atomic E-state index is 12.5. The summed E-state index contributed by atoms with van der Waals surface area (Å²) in [5.74, 6) is 2.48. The van der Waals surface area contributed by atoms with E-state index in [4.69, 9.17) is 4.74 Å². The van der Waals surface area contributed by atoms with Crippen LogP contribution in [0.25, 0.3) is 0 Å². The highest BCUT2D eigenvalue weighted by Crippen LogP contribution is 2.44. The molecule has 1 aromatic carbocycles. The van der Waals surface area contributed by atoms with Gasteiger partial charge in [0.1, 0.15) is 5.82 Å². The van der Waals surface area contributed by atoms with Crippen LogP contribution in [0.15, 0.2) is 47.3 Å². The molecule has 0 bridgehead atoms. The van der Waals surface area contributed by atoms with E-state index in [1.165, 1.54) is 24.8 Å². The Morgan fingerprint density at radius 2 is 1.89 bits per heavy atom.